The molecule has 8 rings (SSSR count). The highest BCUT2D eigenvalue weighted by molar-refractivity contribution is 5.95. The number of likely N-dealkylation sites (tertiary alicyclic amines) is 1. The minimum atomic E-state index is 0.0801. The van der Waals surface area contributed by atoms with E-state index in [1.54, 1.807) is 11.0 Å². The molecule has 0 unspecified atom stereocenters. The van der Waals surface area contributed by atoms with Crippen LogP contribution in [0.5, 0.6) is 5.88 Å². The van der Waals surface area contributed by atoms with Crippen LogP contribution in [0, 0.1) is 5.41 Å². The summed E-state index contributed by atoms with van der Waals surface area (Å²) in [5.74, 6) is 1.58. The number of carbonyl (C=O) groups is 1. The lowest BCUT2D eigenvalue weighted by atomic mass is 9.86. The van der Waals surface area contributed by atoms with Gasteiger partial charge in [0.2, 0.25) is 11.8 Å². The van der Waals surface area contributed by atoms with Crippen molar-refractivity contribution in [2.24, 2.45) is 12.5 Å². The molecule has 2 fully saturated rings. The smallest absolute Gasteiger partial charge is 0.237 e. The van der Waals surface area contributed by atoms with Crippen molar-refractivity contribution >= 4 is 28.1 Å². The molecule has 1 amide bonds. The van der Waals surface area contributed by atoms with Crippen molar-refractivity contribution in [3.63, 3.8) is 0 Å². The van der Waals surface area contributed by atoms with Gasteiger partial charge in [-0.1, -0.05) is 30.3 Å². The van der Waals surface area contributed by atoms with E-state index in [0.29, 0.717) is 19.0 Å². The first-order chi connectivity index (χ1) is 23.8. The molecule has 0 saturated carbocycles. The monoisotopic (exact) mass is 657 g/mol. The van der Waals surface area contributed by atoms with Crippen LogP contribution in [0.4, 0.5) is 5.69 Å². The van der Waals surface area contributed by atoms with Crippen LogP contribution in [-0.4, -0.2) is 97.6 Å². The number of aromatic nitrogens is 6. The second-order valence-electron chi connectivity index (χ2n) is 14.1. The summed E-state index contributed by atoms with van der Waals surface area (Å²) in [5.41, 5.74) is 7.80. The van der Waals surface area contributed by atoms with E-state index < -0.39 is 0 Å². The highest BCUT2D eigenvalue weighted by Gasteiger charge is 2.44. The van der Waals surface area contributed by atoms with Gasteiger partial charge in [0.1, 0.15) is 12.0 Å². The predicted molar refractivity (Wildman–Crippen MR) is 191 cm³/mol. The number of nitrogens with zero attached hydrogens (tertiary/aromatic N) is 8. The van der Waals surface area contributed by atoms with Crippen molar-refractivity contribution < 1.29 is 9.53 Å². The molecule has 11 heteroatoms. The van der Waals surface area contributed by atoms with Crippen LogP contribution in [0.25, 0.3) is 39.1 Å². The van der Waals surface area contributed by atoms with E-state index in [4.69, 9.17) is 4.74 Å². The Morgan fingerprint density at radius 3 is 2.51 bits per heavy atom. The van der Waals surface area contributed by atoms with Gasteiger partial charge in [0.05, 0.1) is 18.2 Å². The van der Waals surface area contributed by atoms with E-state index in [0.717, 1.165) is 85.5 Å². The Morgan fingerprint density at radius 1 is 0.959 bits per heavy atom. The number of pyridine rings is 1. The van der Waals surface area contributed by atoms with Crippen LogP contribution in [0.15, 0.2) is 73.2 Å². The topological polar surface area (TPSA) is 108 Å². The lowest BCUT2D eigenvalue weighted by Gasteiger charge is -2.29. The fourth-order valence-electron chi connectivity index (χ4n) is 7.66. The zero-order chi connectivity index (χ0) is 33.5. The van der Waals surface area contributed by atoms with Gasteiger partial charge < -0.3 is 14.5 Å². The molecule has 11 nitrogen and oxygen atoms in total. The summed E-state index contributed by atoms with van der Waals surface area (Å²) in [4.78, 5) is 29.2. The van der Waals surface area contributed by atoms with Gasteiger partial charge >= 0.3 is 0 Å². The van der Waals surface area contributed by atoms with E-state index in [9.17, 15) is 4.79 Å². The number of H-pyrrole nitrogens is 1. The zero-order valence-corrected chi connectivity index (χ0v) is 28.5. The average molecular weight is 658 g/mol. The standard InChI is InChI=1S/C38H43N9O2/c1-26(2)49-34-11-8-30(21-39-34)36-32-20-31(9-10-33(32)41-42-36)47-19-15-38(24-47)14-18-45(23-38)22-35(48)46-16-12-28(13-17-46)27-4-6-29(7-5-27)37-40-25-44(3)43-37/h4-12,20-21,25-26H,13-19,22-24H2,1-3H3,(H,41,42)/t38-/m1/s1. The van der Waals surface area contributed by atoms with Crippen LogP contribution in [0.3, 0.4) is 0 Å². The van der Waals surface area contributed by atoms with Gasteiger partial charge in [0.15, 0.2) is 5.82 Å². The van der Waals surface area contributed by atoms with Crippen molar-refractivity contribution in [2.75, 3.05) is 50.7 Å². The van der Waals surface area contributed by atoms with Crippen LogP contribution in [0.1, 0.15) is 38.7 Å². The number of nitrogens with one attached hydrogen (secondary N) is 1. The molecule has 49 heavy (non-hydrogen) atoms. The lowest BCUT2D eigenvalue weighted by Crippen LogP contribution is -2.42. The van der Waals surface area contributed by atoms with Crippen LogP contribution >= 0.6 is 0 Å². The number of benzene rings is 2. The van der Waals surface area contributed by atoms with Gasteiger partial charge in [-0.3, -0.25) is 19.5 Å². The third-order valence-electron chi connectivity index (χ3n) is 10.3. The molecule has 0 radical (unpaired) electrons. The van der Waals surface area contributed by atoms with Crippen LogP contribution in [0.2, 0.25) is 0 Å². The van der Waals surface area contributed by atoms with E-state index in [-0.39, 0.29) is 17.4 Å². The number of amides is 1. The average Bonchev–Trinajstić information content (AvgIpc) is 3.92. The molecule has 2 saturated heterocycles. The Morgan fingerprint density at radius 2 is 1.78 bits per heavy atom. The maximum Gasteiger partial charge on any atom is 0.237 e. The summed E-state index contributed by atoms with van der Waals surface area (Å²) in [6.07, 6.45) is 8.97. The number of rotatable bonds is 8. The van der Waals surface area contributed by atoms with Crippen molar-refractivity contribution in [3.8, 4) is 28.5 Å². The first kappa shape index (κ1) is 31.3. The molecular weight excluding hydrogens is 614 g/mol. The minimum absolute atomic E-state index is 0.0801. The second-order valence-corrected chi connectivity index (χ2v) is 14.1. The number of carbonyl (C=O) groups excluding carboxylic acids is 1. The van der Waals surface area contributed by atoms with Crippen molar-refractivity contribution in [1.82, 2.24) is 39.7 Å². The highest BCUT2D eigenvalue weighted by atomic mass is 16.5. The number of hydrogen-bond acceptors (Lipinski definition) is 8. The fourth-order valence-corrected chi connectivity index (χ4v) is 7.66. The Hall–Kier alpha value is -5.03. The van der Waals surface area contributed by atoms with Gasteiger partial charge in [0.25, 0.3) is 0 Å². The maximum absolute atomic E-state index is 13.4. The Kier molecular flexibility index (Phi) is 8.15. The molecule has 2 aromatic carbocycles. The Labute approximate surface area is 286 Å². The largest absolute Gasteiger partial charge is 0.475 e. The molecule has 0 bridgehead atoms. The molecular formula is C38H43N9O2. The molecule has 6 heterocycles. The van der Waals surface area contributed by atoms with Gasteiger partial charge in [-0.2, -0.15) is 10.2 Å². The molecule has 1 N–H and O–H groups in total. The van der Waals surface area contributed by atoms with Gasteiger partial charge in [-0.25, -0.2) is 9.97 Å². The molecule has 3 aliphatic heterocycles. The van der Waals surface area contributed by atoms with Crippen LogP contribution < -0.4 is 9.64 Å². The van der Waals surface area contributed by atoms with E-state index in [1.165, 1.54) is 16.8 Å². The van der Waals surface area contributed by atoms with Crippen molar-refractivity contribution in [1.29, 1.82) is 0 Å². The molecule has 252 valence electrons. The minimum Gasteiger partial charge on any atom is -0.475 e. The lowest BCUT2D eigenvalue weighted by molar-refractivity contribution is -0.131. The van der Waals surface area contributed by atoms with Crippen molar-refractivity contribution in [3.05, 3.63) is 78.8 Å². The summed E-state index contributed by atoms with van der Waals surface area (Å²) < 4.78 is 7.44. The Balaban J connectivity index is 0.867. The molecule has 3 aliphatic rings. The molecule has 1 atom stereocenters. The highest BCUT2D eigenvalue weighted by Crippen LogP contribution is 2.42. The number of fused-ring (bicyclic) bond motifs is 1. The molecule has 0 aliphatic carbocycles. The predicted octanol–water partition coefficient (Wildman–Crippen LogP) is 5.43. The quantitative estimate of drug-likeness (QED) is 0.236. The summed E-state index contributed by atoms with van der Waals surface area (Å²) in [6.45, 7) is 9.87. The van der Waals surface area contributed by atoms with Gasteiger partial charge in [-0.15, -0.1) is 0 Å². The second kappa shape index (κ2) is 12.8. The summed E-state index contributed by atoms with van der Waals surface area (Å²) in [5, 5.41) is 13.3. The normalized spacial score (nSPS) is 19.8. The van der Waals surface area contributed by atoms with E-state index >= 15 is 0 Å². The third-order valence-corrected chi connectivity index (χ3v) is 10.3. The summed E-state index contributed by atoms with van der Waals surface area (Å²) in [6, 6.07) is 18.9. The number of aromatic amines is 1. The maximum atomic E-state index is 13.4. The van der Waals surface area contributed by atoms with Gasteiger partial charge in [0, 0.05) is 79.7 Å². The number of ether oxygens (including phenoxy) is 1. The SMILES string of the molecule is CC(C)Oc1ccc(-c2n[nH]c3ccc(N4CC[C@@]5(CCN(CC(=O)N6CC=C(c7ccc(-c8ncn(C)n8)cc7)CC6)C5)C4)cc23)cn1. The first-order valence-electron chi connectivity index (χ1n) is 17.3. The van der Waals surface area contributed by atoms with Crippen molar-refractivity contribution in [2.45, 2.75) is 39.2 Å². The van der Waals surface area contributed by atoms with E-state index in [2.05, 4.69) is 83.6 Å². The van der Waals surface area contributed by atoms with E-state index in [1.807, 2.05) is 44.1 Å². The number of anilines is 1. The van der Waals surface area contributed by atoms with Gasteiger partial charge in [-0.05, 0) is 75.1 Å². The van der Waals surface area contributed by atoms with Crippen LogP contribution in [-0.2, 0) is 11.8 Å². The number of aryl methyl sites for hydroxylation is 1. The molecule has 5 aromatic rings. The zero-order valence-electron chi connectivity index (χ0n) is 28.5. The molecule has 1 spiro atoms. The summed E-state index contributed by atoms with van der Waals surface area (Å²) >= 11 is 0. The number of hydrogen-bond donors (Lipinski definition) is 1. The fraction of sp³-hybridized carbons (Fsp3) is 0.395. The third kappa shape index (κ3) is 6.42. The summed E-state index contributed by atoms with van der Waals surface area (Å²) in [7, 11) is 1.87. The molecule has 3 aromatic heterocycles. The Bertz CT molecular complexity index is 2000. The first-order valence-corrected chi connectivity index (χ1v) is 17.3.